The van der Waals surface area contributed by atoms with Gasteiger partial charge in [-0.1, -0.05) is 23.7 Å². The van der Waals surface area contributed by atoms with Crippen LogP contribution in [0.25, 0.3) is 0 Å². The molecule has 0 aromatic heterocycles. The van der Waals surface area contributed by atoms with E-state index in [1.807, 2.05) is 18.2 Å². The van der Waals surface area contributed by atoms with Crippen LogP contribution in [-0.2, 0) is 4.79 Å². The summed E-state index contributed by atoms with van der Waals surface area (Å²) >= 11 is 6.03. The van der Waals surface area contributed by atoms with Gasteiger partial charge < -0.3 is 15.4 Å². The lowest BCUT2D eigenvalue weighted by Gasteiger charge is -2.19. The minimum atomic E-state index is -0.455. The van der Waals surface area contributed by atoms with Crippen LogP contribution in [0, 0.1) is 0 Å². The molecule has 0 aliphatic carbocycles. The molecule has 1 amide bonds. The molecule has 2 rings (SSSR count). The molecule has 4 nitrogen and oxygen atoms in total. The highest BCUT2D eigenvalue weighted by atomic mass is 35.5. The van der Waals surface area contributed by atoms with Gasteiger partial charge in [0.1, 0.15) is 11.9 Å². The Kier molecular flexibility index (Phi) is 5.91. The van der Waals surface area contributed by atoms with Gasteiger partial charge in [-0.25, -0.2) is 0 Å². The van der Waals surface area contributed by atoms with Crippen LogP contribution in [0.1, 0.15) is 13.3 Å². The Morgan fingerprint density at radius 3 is 2.84 bits per heavy atom. The third-order valence-electron chi connectivity index (χ3n) is 2.98. The van der Waals surface area contributed by atoms with Gasteiger partial charge in [0.2, 0.25) is 5.91 Å². The fourth-order valence-electron chi connectivity index (χ4n) is 2.03. The van der Waals surface area contributed by atoms with Crippen molar-refractivity contribution in [3.63, 3.8) is 0 Å². The second kappa shape index (κ2) is 6.98. The van der Waals surface area contributed by atoms with Gasteiger partial charge in [0.15, 0.2) is 0 Å². The third kappa shape index (κ3) is 4.00. The van der Waals surface area contributed by atoms with Gasteiger partial charge in [-0.15, -0.1) is 12.4 Å². The van der Waals surface area contributed by atoms with Gasteiger partial charge in [-0.2, -0.15) is 0 Å². The molecule has 2 atom stereocenters. The van der Waals surface area contributed by atoms with Crippen LogP contribution in [0.5, 0.6) is 5.75 Å². The van der Waals surface area contributed by atoms with Gasteiger partial charge in [0.25, 0.3) is 0 Å². The summed E-state index contributed by atoms with van der Waals surface area (Å²) in [6.07, 6.45) is 0.802. The maximum atomic E-state index is 11.7. The molecule has 106 valence electrons. The number of amides is 1. The minimum absolute atomic E-state index is 0. The zero-order valence-corrected chi connectivity index (χ0v) is 12.3. The molecule has 19 heavy (non-hydrogen) atoms. The predicted molar refractivity (Wildman–Crippen MR) is 78.0 cm³/mol. The first-order valence-corrected chi connectivity index (χ1v) is 6.41. The van der Waals surface area contributed by atoms with E-state index in [1.54, 1.807) is 17.9 Å². The quantitative estimate of drug-likeness (QED) is 0.930. The SMILES string of the molecule is CC(N)C(=O)N1CCC(Oc2ccccc2Cl)C1.Cl. The number of benzene rings is 1. The smallest absolute Gasteiger partial charge is 0.239 e. The highest BCUT2D eigenvalue weighted by molar-refractivity contribution is 6.32. The molecule has 1 saturated heterocycles. The van der Waals surface area contributed by atoms with Crippen molar-refractivity contribution in [3.8, 4) is 5.75 Å². The van der Waals surface area contributed by atoms with Gasteiger partial charge >= 0.3 is 0 Å². The van der Waals surface area contributed by atoms with E-state index in [0.29, 0.717) is 23.9 Å². The standard InChI is InChI=1S/C13H17ClN2O2.ClH/c1-9(15)13(17)16-7-6-10(8-16)18-12-5-3-2-4-11(12)14;/h2-5,9-10H,6-8,15H2,1H3;1H. The zero-order chi connectivity index (χ0) is 13.1. The summed E-state index contributed by atoms with van der Waals surface area (Å²) < 4.78 is 5.80. The summed E-state index contributed by atoms with van der Waals surface area (Å²) in [5.41, 5.74) is 5.58. The van der Waals surface area contributed by atoms with Crippen molar-refractivity contribution >= 4 is 29.9 Å². The molecule has 1 aromatic carbocycles. The average Bonchev–Trinajstić information content (AvgIpc) is 2.79. The number of carbonyl (C=O) groups is 1. The van der Waals surface area contributed by atoms with Crippen LogP contribution in [0.2, 0.25) is 5.02 Å². The van der Waals surface area contributed by atoms with Gasteiger partial charge in [0.05, 0.1) is 17.6 Å². The van der Waals surface area contributed by atoms with E-state index >= 15 is 0 Å². The summed E-state index contributed by atoms with van der Waals surface area (Å²) in [5, 5.41) is 0.592. The number of para-hydroxylation sites is 1. The van der Waals surface area contributed by atoms with Crippen molar-refractivity contribution in [2.75, 3.05) is 13.1 Å². The molecule has 2 unspecified atom stereocenters. The maximum Gasteiger partial charge on any atom is 0.239 e. The Bertz CT molecular complexity index is 440. The summed E-state index contributed by atoms with van der Waals surface area (Å²) in [6.45, 7) is 2.96. The Morgan fingerprint density at radius 1 is 1.53 bits per heavy atom. The Balaban J connectivity index is 0.00000180. The molecule has 6 heteroatoms. The lowest BCUT2D eigenvalue weighted by atomic mass is 10.3. The van der Waals surface area contributed by atoms with Crippen molar-refractivity contribution in [1.82, 2.24) is 4.90 Å². The first kappa shape index (κ1) is 16.1. The first-order chi connectivity index (χ1) is 8.58. The number of hydrogen-bond acceptors (Lipinski definition) is 3. The molecule has 1 aliphatic heterocycles. The molecular weight excluding hydrogens is 287 g/mol. The largest absolute Gasteiger partial charge is 0.487 e. The van der Waals surface area contributed by atoms with Crippen molar-refractivity contribution in [3.05, 3.63) is 29.3 Å². The molecule has 2 N–H and O–H groups in total. The van der Waals surface area contributed by atoms with Crippen LogP contribution < -0.4 is 10.5 Å². The van der Waals surface area contributed by atoms with E-state index in [1.165, 1.54) is 0 Å². The Hall–Kier alpha value is -0.970. The monoisotopic (exact) mass is 304 g/mol. The van der Waals surface area contributed by atoms with Crippen molar-refractivity contribution in [2.45, 2.75) is 25.5 Å². The molecular formula is C13H18Cl2N2O2. The Morgan fingerprint density at radius 2 is 2.21 bits per heavy atom. The first-order valence-electron chi connectivity index (χ1n) is 6.03. The van der Waals surface area contributed by atoms with E-state index in [0.717, 1.165) is 6.42 Å². The van der Waals surface area contributed by atoms with Crippen molar-refractivity contribution in [2.24, 2.45) is 5.73 Å². The summed E-state index contributed by atoms with van der Waals surface area (Å²) in [4.78, 5) is 13.5. The number of carbonyl (C=O) groups excluding carboxylic acids is 1. The van der Waals surface area contributed by atoms with Gasteiger partial charge in [-0.05, 0) is 19.1 Å². The number of halogens is 2. The highest BCUT2D eigenvalue weighted by Gasteiger charge is 2.29. The highest BCUT2D eigenvalue weighted by Crippen LogP contribution is 2.26. The molecule has 0 radical (unpaired) electrons. The van der Waals surface area contributed by atoms with Crippen LogP contribution in [-0.4, -0.2) is 36.0 Å². The second-order valence-electron chi connectivity index (χ2n) is 4.53. The van der Waals surface area contributed by atoms with E-state index in [-0.39, 0.29) is 24.4 Å². The fourth-order valence-corrected chi connectivity index (χ4v) is 2.21. The lowest BCUT2D eigenvalue weighted by molar-refractivity contribution is -0.131. The van der Waals surface area contributed by atoms with Gasteiger partial charge in [0, 0.05) is 13.0 Å². The minimum Gasteiger partial charge on any atom is -0.487 e. The van der Waals surface area contributed by atoms with E-state index in [9.17, 15) is 4.79 Å². The molecule has 0 bridgehead atoms. The topological polar surface area (TPSA) is 55.6 Å². The molecule has 0 spiro atoms. The zero-order valence-electron chi connectivity index (χ0n) is 10.7. The van der Waals surface area contributed by atoms with E-state index in [2.05, 4.69) is 0 Å². The number of likely N-dealkylation sites (tertiary alicyclic amines) is 1. The molecule has 1 aromatic rings. The number of nitrogens with zero attached hydrogens (tertiary/aromatic N) is 1. The lowest BCUT2D eigenvalue weighted by Crippen LogP contribution is -2.41. The molecule has 1 fully saturated rings. The van der Waals surface area contributed by atoms with Crippen molar-refractivity contribution in [1.29, 1.82) is 0 Å². The van der Waals surface area contributed by atoms with Gasteiger partial charge in [-0.3, -0.25) is 4.79 Å². The predicted octanol–water partition coefficient (Wildman–Crippen LogP) is 2.09. The average molecular weight is 305 g/mol. The van der Waals surface area contributed by atoms with E-state index in [4.69, 9.17) is 22.1 Å². The molecule has 1 heterocycles. The van der Waals surface area contributed by atoms with Crippen LogP contribution in [0.3, 0.4) is 0 Å². The maximum absolute atomic E-state index is 11.7. The normalized spacial score (nSPS) is 19.7. The van der Waals surface area contributed by atoms with E-state index < -0.39 is 6.04 Å². The third-order valence-corrected chi connectivity index (χ3v) is 3.29. The second-order valence-corrected chi connectivity index (χ2v) is 4.94. The summed E-state index contributed by atoms with van der Waals surface area (Å²) in [5.74, 6) is 0.638. The number of nitrogens with two attached hydrogens (primary N) is 1. The van der Waals surface area contributed by atoms with Crippen LogP contribution in [0.4, 0.5) is 0 Å². The molecule has 1 aliphatic rings. The number of ether oxygens (including phenoxy) is 1. The number of hydrogen-bond donors (Lipinski definition) is 1. The van der Waals surface area contributed by atoms with Crippen molar-refractivity contribution < 1.29 is 9.53 Å². The summed E-state index contributed by atoms with van der Waals surface area (Å²) in [6, 6.07) is 6.90. The van der Waals surface area contributed by atoms with Crippen LogP contribution in [0.15, 0.2) is 24.3 Å². The summed E-state index contributed by atoms with van der Waals surface area (Å²) in [7, 11) is 0. The Labute approximate surface area is 124 Å². The van der Waals surface area contributed by atoms with Crippen LogP contribution >= 0.6 is 24.0 Å². The number of rotatable bonds is 3. The molecule has 0 saturated carbocycles. The fraction of sp³-hybridized carbons (Fsp3) is 0.462.